The molecule has 7 heteroatoms. The molecule has 1 fully saturated rings. The van der Waals surface area contributed by atoms with Gasteiger partial charge < -0.3 is 4.84 Å². The number of carbonyl (C=O) groups is 2. The van der Waals surface area contributed by atoms with Crippen molar-refractivity contribution >= 4 is 23.2 Å². The van der Waals surface area contributed by atoms with Gasteiger partial charge in [0.05, 0.1) is 10.5 Å². The summed E-state index contributed by atoms with van der Waals surface area (Å²) in [6.45, 7) is 1.24. The minimum absolute atomic E-state index is 0.00430. The zero-order valence-corrected chi connectivity index (χ0v) is 15.5. The third kappa shape index (κ3) is 4.31. The molecule has 2 aromatic rings. The molecular weight excluding hydrogens is 360 g/mol. The van der Waals surface area contributed by atoms with E-state index in [1.165, 1.54) is 13.0 Å². The Kier molecular flexibility index (Phi) is 5.93. The summed E-state index contributed by atoms with van der Waals surface area (Å²) < 4.78 is 0. The maximum absolute atomic E-state index is 12.9. The number of Topliss-reactive ketones (excluding diaryl/α,β-unsaturated/α-hetero) is 1. The normalized spacial score (nSPS) is 14.7. The topological polar surface area (TPSA) is 98.9 Å². The highest BCUT2D eigenvalue weighted by molar-refractivity contribution is 6.46. The predicted octanol–water partition coefficient (Wildman–Crippen LogP) is 4.55. The molecule has 0 amide bonds. The van der Waals surface area contributed by atoms with Crippen molar-refractivity contribution in [3.8, 4) is 11.1 Å². The first-order valence-corrected chi connectivity index (χ1v) is 9.11. The van der Waals surface area contributed by atoms with Gasteiger partial charge in [0.15, 0.2) is 0 Å². The SMILES string of the molecule is CC(=O)O/N=C(\C(=O)c1ccc(-c2ccccc2[N+](=O)[O-])cc1)C1CCCC1. The van der Waals surface area contributed by atoms with Crippen LogP contribution < -0.4 is 0 Å². The summed E-state index contributed by atoms with van der Waals surface area (Å²) in [5, 5.41) is 15.1. The van der Waals surface area contributed by atoms with Crippen molar-refractivity contribution in [1.29, 1.82) is 0 Å². The Balaban J connectivity index is 1.89. The molecule has 1 saturated carbocycles. The van der Waals surface area contributed by atoms with E-state index >= 15 is 0 Å². The summed E-state index contributed by atoms with van der Waals surface area (Å²) in [4.78, 5) is 39.6. The molecule has 28 heavy (non-hydrogen) atoms. The van der Waals surface area contributed by atoms with Gasteiger partial charge in [0.1, 0.15) is 5.71 Å². The van der Waals surface area contributed by atoms with Gasteiger partial charge in [-0.15, -0.1) is 0 Å². The van der Waals surface area contributed by atoms with Gasteiger partial charge in [-0.05, 0) is 24.5 Å². The maximum atomic E-state index is 12.9. The van der Waals surface area contributed by atoms with Gasteiger partial charge in [-0.25, -0.2) is 4.79 Å². The van der Waals surface area contributed by atoms with Gasteiger partial charge in [0.2, 0.25) is 5.78 Å². The molecule has 0 saturated heterocycles. The van der Waals surface area contributed by atoms with E-state index in [4.69, 9.17) is 4.84 Å². The third-order valence-electron chi connectivity index (χ3n) is 4.81. The Bertz CT molecular complexity index is 928. The van der Waals surface area contributed by atoms with Gasteiger partial charge in [0.25, 0.3) is 5.69 Å². The standard InChI is InChI=1S/C21H20N2O5/c1-14(24)28-22-20(16-6-2-3-7-16)21(25)17-12-10-15(11-13-17)18-8-4-5-9-19(18)23(26)27/h4-5,8-13,16H,2-3,6-7H2,1H3/b22-20-. The number of hydrogen-bond acceptors (Lipinski definition) is 6. The van der Waals surface area contributed by atoms with Crippen molar-refractivity contribution in [2.24, 2.45) is 11.1 Å². The number of oxime groups is 1. The van der Waals surface area contributed by atoms with Crippen molar-refractivity contribution in [2.45, 2.75) is 32.6 Å². The Morgan fingerprint density at radius 1 is 1.07 bits per heavy atom. The van der Waals surface area contributed by atoms with Crippen LogP contribution in [0.3, 0.4) is 0 Å². The van der Waals surface area contributed by atoms with Crippen LogP contribution in [-0.2, 0) is 9.63 Å². The van der Waals surface area contributed by atoms with E-state index in [-0.39, 0.29) is 23.1 Å². The minimum atomic E-state index is -0.574. The fourth-order valence-corrected chi connectivity index (χ4v) is 3.44. The molecule has 0 atom stereocenters. The lowest BCUT2D eigenvalue weighted by Gasteiger charge is -2.12. The molecule has 7 nitrogen and oxygen atoms in total. The summed E-state index contributed by atoms with van der Waals surface area (Å²) in [5.74, 6) is -0.890. The number of nitrogens with zero attached hydrogens (tertiary/aromatic N) is 2. The van der Waals surface area contributed by atoms with Crippen LogP contribution in [0.4, 0.5) is 5.69 Å². The fourth-order valence-electron chi connectivity index (χ4n) is 3.44. The van der Waals surface area contributed by atoms with Crippen LogP contribution in [0.5, 0.6) is 0 Å². The quantitative estimate of drug-likeness (QED) is 0.241. The summed E-state index contributed by atoms with van der Waals surface area (Å²) in [5.41, 5.74) is 1.79. The highest BCUT2D eigenvalue weighted by atomic mass is 16.7. The summed E-state index contributed by atoms with van der Waals surface area (Å²) in [6, 6.07) is 13.0. The van der Waals surface area contributed by atoms with Crippen LogP contribution in [0.2, 0.25) is 0 Å². The Hall–Kier alpha value is -3.35. The van der Waals surface area contributed by atoms with E-state index in [0.29, 0.717) is 16.7 Å². The molecule has 144 valence electrons. The molecule has 0 radical (unpaired) electrons. The Labute approximate surface area is 162 Å². The average molecular weight is 380 g/mol. The van der Waals surface area contributed by atoms with Crippen molar-refractivity contribution in [3.63, 3.8) is 0 Å². The van der Waals surface area contributed by atoms with E-state index < -0.39 is 10.9 Å². The van der Waals surface area contributed by atoms with Gasteiger partial charge >= 0.3 is 5.97 Å². The van der Waals surface area contributed by atoms with E-state index in [1.807, 2.05) is 0 Å². The Morgan fingerprint density at radius 3 is 2.32 bits per heavy atom. The summed E-state index contributed by atoms with van der Waals surface area (Å²) >= 11 is 0. The monoisotopic (exact) mass is 380 g/mol. The van der Waals surface area contributed by atoms with Crippen LogP contribution in [0.15, 0.2) is 53.7 Å². The van der Waals surface area contributed by atoms with Crippen LogP contribution in [0, 0.1) is 16.0 Å². The van der Waals surface area contributed by atoms with Crippen LogP contribution in [-0.4, -0.2) is 22.4 Å². The van der Waals surface area contributed by atoms with Gasteiger partial charge in [-0.2, -0.15) is 0 Å². The molecule has 0 unspecified atom stereocenters. The van der Waals surface area contributed by atoms with E-state index in [0.717, 1.165) is 25.7 Å². The number of benzene rings is 2. The van der Waals surface area contributed by atoms with Crippen molar-refractivity contribution in [3.05, 3.63) is 64.2 Å². The third-order valence-corrected chi connectivity index (χ3v) is 4.81. The van der Waals surface area contributed by atoms with E-state index in [1.54, 1.807) is 42.5 Å². The number of ketones is 1. The molecule has 1 aliphatic carbocycles. The summed E-state index contributed by atoms with van der Waals surface area (Å²) in [6.07, 6.45) is 3.68. The van der Waals surface area contributed by atoms with Crippen molar-refractivity contribution in [1.82, 2.24) is 0 Å². The zero-order chi connectivity index (χ0) is 20.1. The second kappa shape index (κ2) is 8.56. The molecule has 0 spiro atoms. The van der Waals surface area contributed by atoms with Crippen molar-refractivity contribution < 1.29 is 19.3 Å². The van der Waals surface area contributed by atoms with Gasteiger partial charge in [-0.3, -0.25) is 14.9 Å². The van der Waals surface area contributed by atoms with E-state index in [2.05, 4.69) is 5.16 Å². The van der Waals surface area contributed by atoms with Gasteiger partial charge in [0, 0.05) is 24.5 Å². The minimum Gasteiger partial charge on any atom is -0.318 e. The molecule has 2 aromatic carbocycles. The lowest BCUT2D eigenvalue weighted by atomic mass is 9.93. The molecule has 0 N–H and O–H groups in total. The van der Waals surface area contributed by atoms with Crippen LogP contribution in [0.25, 0.3) is 11.1 Å². The first-order valence-electron chi connectivity index (χ1n) is 9.11. The fraction of sp³-hybridized carbons (Fsp3) is 0.286. The molecule has 0 bridgehead atoms. The van der Waals surface area contributed by atoms with Crippen LogP contribution >= 0.6 is 0 Å². The van der Waals surface area contributed by atoms with Crippen LogP contribution in [0.1, 0.15) is 43.0 Å². The average Bonchev–Trinajstić information content (AvgIpc) is 3.22. The number of nitro benzene ring substituents is 1. The number of hydrogen-bond donors (Lipinski definition) is 0. The van der Waals surface area contributed by atoms with Crippen molar-refractivity contribution in [2.75, 3.05) is 0 Å². The lowest BCUT2D eigenvalue weighted by molar-refractivity contribution is -0.384. The Morgan fingerprint density at radius 2 is 1.71 bits per heavy atom. The smallest absolute Gasteiger partial charge is 0.318 e. The first kappa shape index (κ1) is 19.4. The number of para-hydroxylation sites is 1. The largest absolute Gasteiger partial charge is 0.331 e. The predicted molar refractivity (Wildman–Crippen MR) is 104 cm³/mol. The first-order chi connectivity index (χ1) is 13.5. The second-order valence-corrected chi connectivity index (χ2v) is 6.72. The summed E-state index contributed by atoms with van der Waals surface area (Å²) in [7, 11) is 0. The molecule has 1 aliphatic rings. The lowest BCUT2D eigenvalue weighted by Crippen LogP contribution is -2.23. The second-order valence-electron chi connectivity index (χ2n) is 6.72. The molecule has 0 heterocycles. The highest BCUT2D eigenvalue weighted by Gasteiger charge is 2.28. The number of nitro groups is 1. The molecular formula is C21H20N2O5. The highest BCUT2D eigenvalue weighted by Crippen LogP contribution is 2.31. The maximum Gasteiger partial charge on any atom is 0.331 e. The van der Waals surface area contributed by atoms with Gasteiger partial charge in [-0.1, -0.05) is 54.4 Å². The molecule has 0 aromatic heterocycles. The number of rotatable bonds is 6. The molecule has 3 rings (SSSR count). The zero-order valence-electron chi connectivity index (χ0n) is 15.5. The van der Waals surface area contributed by atoms with E-state index in [9.17, 15) is 19.7 Å². The molecule has 0 aliphatic heterocycles. The number of carbonyl (C=O) groups excluding carboxylic acids is 2.